The van der Waals surface area contributed by atoms with Crippen LogP contribution >= 0.6 is 15.9 Å². The summed E-state index contributed by atoms with van der Waals surface area (Å²) in [7, 11) is 0. The number of carbonyl (C=O) groups is 2. The monoisotopic (exact) mass is 447 g/mol. The Labute approximate surface area is 174 Å². The maximum Gasteiger partial charge on any atom is 0.338 e. The van der Waals surface area contributed by atoms with Crippen LogP contribution in [-0.2, 0) is 14.9 Å². The topological polar surface area (TPSA) is 64.6 Å². The smallest absolute Gasteiger partial charge is 0.338 e. The Balaban J connectivity index is 2.03. The molecule has 150 valence electrons. The summed E-state index contributed by atoms with van der Waals surface area (Å²) in [5.74, 6) is -0.131. The first-order chi connectivity index (χ1) is 13.1. The van der Waals surface area contributed by atoms with Gasteiger partial charge in [-0.2, -0.15) is 0 Å². The number of nitrogens with one attached hydrogen (secondary N) is 1. The molecule has 0 saturated carbocycles. The summed E-state index contributed by atoms with van der Waals surface area (Å²) in [6.45, 7) is 10.2. The molecule has 0 bridgehead atoms. The Bertz CT molecular complexity index is 871. The largest absolute Gasteiger partial charge is 0.483 e. The lowest BCUT2D eigenvalue weighted by Crippen LogP contribution is -2.21. The second-order valence-corrected chi connectivity index (χ2v) is 8.34. The lowest BCUT2D eigenvalue weighted by atomic mass is 9.87. The Morgan fingerprint density at radius 3 is 2.43 bits per heavy atom. The summed E-state index contributed by atoms with van der Waals surface area (Å²) in [5.41, 5.74) is 2.99. The SMILES string of the molecule is CCOC(=O)c1ccc(C)c(NC(=O)COc2ccc(C(C)(C)C)cc2Br)c1. The maximum absolute atomic E-state index is 12.3. The van der Waals surface area contributed by atoms with Gasteiger partial charge in [-0.1, -0.05) is 32.9 Å². The molecule has 0 aliphatic rings. The molecule has 0 aliphatic heterocycles. The minimum Gasteiger partial charge on any atom is -0.483 e. The number of halogens is 1. The highest BCUT2D eigenvalue weighted by atomic mass is 79.9. The first-order valence-corrected chi connectivity index (χ1v) is 9.91. The third-order valence-electron chi connectivity index (χ3n) is 4.18. The Morgan fingerprint density at radius 1 is 1.11 bits per heavy atom. The van der Waals surface area contributed by atoms with Gasteiger partial charge < -0.3 is 14.8 Å². The van der Waals surface area contributed by atoms with Crippen molar-refractivity contribution < 1.29 is 19.1 Å². The zero-order chi connectivity index (χ0) is 20.9. The van der Waals surface area contributed by atoms with Crippen molar-refractivity contribution in [2.75, 3.05) is 18.5 Å². The first-order valence-electron chi connectivity index (χ1n) is 9.12. The third-order valence-corrected chi connectivity index (χ3v) is 4.80. The maximum atomic E-state index is 12.3. The second-order valence-electron chi connectivity index (χ2n) is 7.48. The van der Waals surface area contributed by atoms with Gasteiger partial charge in [0.1, 0.15) is 5.75 Å². The molecule has 0 aliphatic carbocycles. The summed E-state index contributed by atoms with van der Waals surface area (Å²) in [6.07, 6.45) is 0. The molecule has 0 saturated heterocycles. The second kappa shape index (κ2) is 9.24. The number of carbonyl (C=O) groups excluding carboxylic acids is 2. The van der Waals surface area contributed by atoms with E-state index >= 15 is 0 Å². The quantitative estimate of drug-likeness (QED) is 0.614. The minimum atomic E-state index is -0.419. The third kappa shape index (κ3) is 5.83. The van der Waals surface area contributed by atoms with Crippen LogP contribution in [0.2, 0.25) is 0 Å². The van der Waals surface area contributed by atoms with Gasteiger partial charge in [0, 0.05) is 5.69 Å². The van der Waals surface area contributed by atoms with Crippen molar-refractivity contribution in [3.05, 3.63) is 57.6 Å². The molecule has 5 nitrogen and oxygen atoms in total. The Morgan fingerprint density at radius 2 is 1.82 bits per heavy atom. The van der Waals surface area contributed by atoms with Gasteiger partial charge in [-0.25, -0.2) is 4.79 Å². The van der Waals surface area contributed by atoms with Crippen LogP contribution in [0.5, 0.6) is 5.75 Å². The highest BCUT2D eigenvalue weighted by molar-refractivity contribution is 9.10. The average molecular weight is 448 g/mol. The average Bonchev–Trinajstić information content (AvgIpc) is 2.62. The molecule has 0 fully saturated rings. The van der Waals surface area contributed by atoms with E-state index in [2.05, 4.69) is 42.0 Å². The number of aryl methyl sites for hydroxylation is 1. The van der Waals surface area contributed by atoms with Crippen LogP contribution < -0.4 is 10.1 Å². The van der Waals surface area contributed by atoms with E-state index in [4.69, 9.17) is 9.47 Å². The van der Waals surface area contributed by atoms with Crippen LogP contribution in [0.1, 0.15) is 49.2 Å². The molecule has 0 heterocycles. The Hall–Kier alpha value is -2.34. The highest BCUT2D eigenvalue weighted by Crippen LogP contribution is 2.31. The molecule has 6 heteroatoms. The number of ether oxygens (including phenoxy) is 2. The number of benzene rings is 2. The Kier molecular flexibility index (Phi) is 7.24. The number of hydrogen-bond acceptors (Lipinski definition) is 4. The van der Waals surface area contributed by atoms with E-state index in [-0.39, 0.29) is 17.9 Å². The van der Waals surface area contributed by atoms with Crippen molar-refractivity contribution in [3.63, 3.8) is 0 Å². The van der Waals surface area contributed by atoms with E-state index in [9.17, 15) is 9.59 Å². The highest BCUT2D eigenvalue weighted by Gasteiger charge is 2.16. The van der Waals surface area contributed by atoms with Gasteiger partial charge in [0.2, 0.25) is 0 Å². The van der Waals surface area contributed by atoms with E-state index in [1.54, 1.807) is 25.1 Å². The van der Waals surface area contributed by atoms with Crippen molar-refractivity contribution in [2.24, 2.45) is 0 Å². The first kappa shape index (κ1) is 22.0. The van der Waals surface area contributed by atoms with Crippen molar-refractivity contribution in [1.29, 1.82) is 0 Å². The summed E-state index contributed by atoms with van der Waals surface area (Å²) in [5, 5.41) is 2.79. The summed E-state index contributed by atoms with van der Waals surface area (Å²) >= 11 is 3.50. The van der Waals surface area contributed by atoms with Crippen molar-refractivity contribution in [3.8, 4) is 5.75 Å². The van der Waals surface area contributed by atoms with Crippen LogP contribution in [0.3, 0.4) is 0 Å². The lowest BCUT2D eigenvalue weighted by molar-refractivity contribution is -0.118. The summed E-state index contributed by atoms with van der Waals surface area (Å²) in [6, 6.07) is 10.9. The van der Waals surface area contributed by atoms with E-state index in [1.165, 1.54) is 5.56 Å². The van der Waals surface area contributed by atoms with Crippen molar-refractivity contribution >= 4 is 33.5 Å². The van der Waals surface area contributed by atoms with Crippen LogP contribution in [0, 0.1) is 6.92 Å². The number of anilines is 1. The molecule has 28 heavy (non-hydrogen) atoms. The van der Waals surface area contributed by atoms with Crippen LogP contribution in [0.15, 0.2) is 40.9 Å². The van der Waals surface area contributed by atoms with Gasteiger partial charge in [-0.05, 0) is 70.6 Å². The van der Waals surface area contributed by atoms with Gasteiger partial charge in [0.25, 0.3) is 5.91 Å². The zero-order valence-corrected chi connectivity index (χ0v) is 18.5. The van der Waals surface area contributed by atoms with Crippen molar-refractivity contribution in [1.82, 2.24) is 0 Å². The normalized spacial score (nSPS) is 11.1. The number of rotatable bonds is 6. The fraction of sp³-hybridized carbons (Fsp3) is 0.364. The molecular formula is C22H26BrNO4. The van der Waals surface area contributed by atoms with Gasteiger partial charge in [0.15, 0.2) is 6.61 Å². The van der Waals surface area contributed by atoms with E-state index in [0.717, 1.165) is 10.0 Å². The van der Waals surface area contributed by atoms with Gasteiger partial charge in [0.05, 0.1) is 16.6 Å². The fourth-order valence-electron chi connectivity index (χ4n) is 2.51. The molecule has 1 N–H and O–H groups in total. The van der Waals surface area contributed by atoms with E-state index in [0.29, 0.717) is 23.6 Å². The van der Waals surface area contributed by atoms with Crippen LogP contribution in [0.25, 0.3) is 0 Å². The van der Waals surface area contributed by atoms with Gasteiger partial charge in [-0.3, -0.25) is 4.79 Å². The molecule has 0 unspecified atom stereocenters. The van der Waals surface area contributed by atoms with Crippen LogP contribution in [0.4, 0.5) is 5.69 Å². The van der Waals surface area contributed by atoms with Crippen LogP contribution in [-0.4, -0.2) is 25.1 Å². The summed E-state index contributed by atoms with van der Waals surface area (Å²) in [4.78, 5) is 24.2. The molecule has 2 aromatic rings. The zero-order valence-electron chi connectivity index (χ0n) is 16.9. The number of hydrogen-bond donors (Lipinski definition) is 1. The standard InChI is InChI=1S/C22H26BrNO4/c1-6-27-21(26)15-8-7-14(2)18(11-15)24-20(25)13-28-19-10-9-16(12-17(19)23)22(3,4)5/h7-12H,6,13H2,1-5H3,(H,24,25). The number of amides is 1. The molecule has 2 aromatic carbocycles. The fourth-order valence-corrected chi connectivity index (χ4v) is 3.01. The van der Waals surface area contributed by atoms with E-state index in [1.807, 2.05) is 25.1 Å². The molecule has 1 amide bonds. The molecule has 0 spiro atoms. The molecule has 0 radical (unpaired) electrons. The molecular weight excluding hydrogens is 422 g/mol. The predicted octanol–water partition coefficient (Wildman–Crippen LogP) is 5.25. The van der Waals surface area contributed by atoms with Gasteiger partial charge in [-0.15, -0.1) is 0 Å². The molecule has 0 atom stereocenters. The number of esters is 1. The lowest BCUT2D eigenvalue weighted by Gasteiger charge is -2.20. The van der Waals surface area contributed by atoms with E-state index < -0.39 is 5.97 Å². The van der Waals surface area contributed by atoms with Gasteiger partial charge >= 0.3 is 5.97 Å². The summed E-state index contributed by atoms with van der Waals surface area (Å²) < 4.78 is 11.4. The minimum absolute atomic E-state index is 0.0277. The molecule has 0 aromatic heterocycles. The van der Waals surface area contributed by atoms with Crippen molar-refractivity contribution in [2.45, 2.75) is 40.0 Å². The molecule has 2 rings (SSSR count). The predicted molar refractivity (Wildman–Crippen MR) is 114 cm³/mol.